The Bertz CT molecular complexity index is 757. The molecule has 0 aliphatic rings. The van der Waals surface area contributed by atoms with E-state index in [1.54, 1.807) is 6.07 Å². The van der Waals surface area contributed by atoms with Gasteiger partial charge >= 0.3 is 0 Å². The number of rotatable bonds is 11. The van der Waals surface area contributed by atoms with E-state index in [4.69, 9.17) is 0 Å². The highest BCUT2D eigenvalue weighted by Gasteiger charge is 2.06. The van der Waals surface area contributed by atoms with Gasteiger partial charge in [0.1, 0.15) is 0 Å². The normalized spacial score (nSPS) is 10.4. The van der Waals surface area contributed by atoms with Crippen molar-refractivity contribution in [2.75, 3.05) is 23.7 Å². The summed E-state index contributed by atoms with van der Waals surface area (Å²) in [6, 6.07) is 14.8. The van der Waals surface area contributed by atoms with Crippen molar-refractivity contribution < 1.29 is 9.59 Å². The number of hydrogen-bond acceptors (Lipinski definition) is 3. The summed E-state index contributed by atoms with van der Waals surface area (Å²) in [4.78, 5) is 24.1. The molecule has 5 nitrogen and oxygen atoms in total. The first-order valence-electron chi connectivity index (χ1n) is 10.1. The number of carbonyl (C=O) groups excluding carboxylic acids is 2. The fraction of sp³-hybridized carbons (Fsp3) is 0.391. The molecule has 28 heavy (non-hydrogen) atoms. The summed E-state index contributed by atoms with van der Waals surface area (Å²) in [5.41, 5.74) is 3.24. The lowest BCUT2D eigenvalue weighted by molar-refractivity contribution is -0.119. The lowest BCUT2D eigenvalue weighted by Crippen LogP contribution is -2.30. The number of unbranched alkanes of at least 4 members (excludes halogenated alkanes) is 4. The van der Waals surface area contributed by atoms with E-state index < -0.39 is 0 Å². The minimum atomic E-state index is -0.136. The molecule has 0 bridgehead atoms. The minimum absolute atomic E-state index is 0.00711. The summed E-state index contributed by atoms with van der Waals surface area (Å²) in [5, 5.41) is 8.91. The topological polar surface area (TPSA) is 70.2 Å². The van der Waals surface area contributed by atoms with Crippen molar-refractivity contribution in [1.82, 2.24) is 5.32 Å². The molecule has 0 saturated carbocycles. The predicted octanol–water partition coefficient (Wildman–Crippen LogP) is 4.75. The zero-order chi connectivity index (χ0) is 20.2. The molecule has 0 aliphatic carbocycles. The Morgan fingerprint density at radius 1 is 0.893 bits per heavy atom. The summed E-state index contributed by atoms with van der Waals surface area (Å²) in [6.45, 7) is 5.12. The van der Waals surface area contributed by atoms with Crippen LogP contribution in [0.5, 0.6) is 0 Å². The van der Waals surface area contributed by atoms with Crippen molar-refractivity contribution in [1.29, 1.82) is 0 Å². The SMILES string of the molecule is CCCCCCCNC(=O)CNc1ccc(NC(=O)c2cccc(C)c2)cc1. The van der Waals surface area contributed by atoms with Crippen LogP contribution < -0.4 is 16.0 Å². The van der Waals surface area contributed by atoms with E-state index in [0.717, 1.165) is 30.6 Å². The van der Waals surface area contributed by atoms with Crippen molar-refractivity contribution in [3.05, 3.63) is 59.7 Å². The Morgan fingerprint density at radius 3 is 2.32 bits per heavy atom. The molecule has 0 radical (unpaired) electrons. The van der Waals surface area contributed by atoms with Gasteiger partial charge in [-0.3, -0.25) is 9.59 Å². The molecule has 0 aliphatic heterocycles. The third-order valence-corrected chi connectivity index (χ3v) is 4.48. The number of anilines is 2. The third kappa shape index (κ3) is 7.82. The number of hydrogen-bond donors (Lipinski definition) is 3. The molecular weight excluding hydrogens is 350 g/mol. The number of benzene rings is 2. The molecular formula is C23H31N3O2. The second kappa shape index (κ2) is 11.8. The van der Waals surface area contributed by atoms with Gasteiger partial charge in [0.05, 0.1) is 6.54 Å². The van der Waals surface area contributed by atoms with Crippen LogP contribution in [-0.2, 0) is 4.79 Å². The lowest BCUT2D eigenvalue weighted by atomic mass is 10.1. The molecule has 2 amide bonds. The zero-order valence-electron chi connectivity index (χ0n) is 16.9. The number of carbonyl (C=O) groups is 2. The van der Waals surface area contributed by atoms with Gasteiger partial charge in [-0.25, -0.2) is 0 Å². The average Bonchev–Trinajstić information content (AvgIpc) is 2.70. The van der Waals surface area contributed by atoms with Crippen LogP contribution in [-0.4, -0.2) is 24.9 Å². The molecule has 2 aromatic rings. The molecule has 2 rings (SSSR count). The molecule has 3 N–H and O–H groups in total. The van der Waals surface area contributed by atoms with Crippen molar-refractivity contribution in [3.63, 3.8) is 0 Å². The Kier molecular flexibility index (Phi) is 9.05. The molecule has 0 aromatic heterocycles. The van der Waals surface area contributed by atoms with Gasteiger partial charge in [-0.1, -0.05) is 50.3 Å². The summed E-state index contributed by atoms with van der Waals surface area (Å²) in [7, 11) is 0. The van der Waals surface area contributed by atoms with Gasteiger partial charge < -0.3 is 16.0 Å². The number of nitrogens with one attached hydrogen (secondary N) is 3. The Hall–Kier alpha value is -2.82. The number of amides is 2. The Balaban J connectivity index is 1.70. The van der Waals surface area contributed by atoms with Crippen LogP contribution >= 0.6 is 0 Å². The summed E-state index contributed by atoms with van der Waals surface area (Å²) in [6.07, 6.45) is 5.91. The van der Waals surface area contributed by atoms with Crippen LogP contribution in [0.15, 0.2) is 48.5 Å². The van der Waals surface area contributed by atoms with Gasteiger partial charge in [-0.2, -0.15) is 0 Å². The van der Waals surface area contributed by atoms with Gasteiger partial charge in [0.2, 0.25) is 5.91 Å². The highest BCUT2D eigenvalue weighted by atomic mass is 16.2. The van der Waals surface area contributed by atoms with Crippen LogP contribution in [0.1, 0.15) is 54.9 Å². The summed E-state index contributed by atoms with van der Waals surface area (Å²) < 4.78 is 0. The Labute approximate surface area is 167 Å². The van der Waals surface area contributed by atoms with Crippen molar-refractivity contribution >= 4 is 23.2 Å². The van der Waals surface area contributed by atoms with E-state index in [1.165, 1.54) is 19.3 Å². The molecule has 0 spiro atoms. The minimum Gasteiger partial charge on any atom is -0.376 e. The second-order valence-electron chi connectivity index (χ2n) is 7.02. The third-order valence-electron chi connectivity index (χ3n) is 4.48. The van der Waals surface area contributed by atoms with Gasteiger partial charge in [0.15, 0.2) is 0 Å². The first-order chi connectivity index (χ1) is 13.6. The highest BCUT2D eigenvalue weighted by Crippen LogP contribution is 2.15. The van der Waals surface area contributed by atoms with E-state index in [-0.39, 0.29) is 18.4 Å². The van der Waals surface area contributed by atoms with Gasteiger partial charge in [-0.15, -0.1) is 0 Å². The smallest absolute Gasteiger partial charge is 0.255 e. The lowest BCUT2D eigenvalue weighted by Gasteiger charge is -2.09. The fourth-order valence-corrected chi connectivity index (χ4v) is 2.86. The molecule has 0 unspecified atom stereocenters. The first kappa shape index (κ1) is 21.5. The van der Waals surface area contributed by atoms with Crippen LogP contribution in [0.25, 0.3) is 0 Å². The van der Waals surface area contributed by atoms with Crippen LogP contribution in [0.3, 0.4) is 0 Å². The molecule has 150 valence electrons. The predicted molar refractivity (Wildman–Crippen MR) is 116 cm³/mol. The van der Waals surface area contributed by atoms with Crippen molar-refractivity contribution in [2.24, 2.45) is 0 Å². The second-order valence-corrected chi connectivity index (χ2v) is 7.02. The standard InChI is InChI=1S/C23H31N3O2/c1-3-4-5-6-7-15-24-22(27)17-25-20-11-13-21(14-12-20)26-23(28)19-10-8-9-18(2)16-19/h8-14,16,25H,3-7,15,17H2,1-2H3,(H,24,27)(H,26,28). The molecule has 0 atom stereocenters. The highest BCUT2D eigenvalue weighted by molar-refractivity contribution is 6.04. The van der Waals surface area contributed by atoms with Crippen LogP contribution in [0, 0.1) is 6.92 Å². The van der Waals surface area contributed by atoms with E-state index in [9.17, 15) is 9.59 Å². The van der Waals surface area contributed by atoms with E-state index in [0.29, 0.717) is 11.3 Å². The van der Waals surface area contributed by atoms with Crippen molar-refractivity contribution in [2.45, 2.75) is 46.0 Å². The summed E-state index contributed by atoms with van der Waals surface area (Å²) in [5.74, 6) is -0.143. The largest absolute Gasteiger partial charge is 0.376 e. The van der Waals surface area contributed by atoms with Gasteiger partial charge in [0.25, 0.3) is 5.91 Å². The van der Waals surface area contributed by atoms with Crippen LogP contribution in [0.2, 0.25) is 0 Å². The summed E-state index contributed by atoms with van der Waals surface area (Å²) >= 11 is 0. The maximum atomic E-state index is 12.3. The molecule has 5 heteroatoms. The van der Waals surface area contributed by atoms with Crippen molar-refractivity contribution in [3.8, 4) is 0 Å². The fourth-order valence-electron chi connectivity index (χ4n) is 2.86. The Morgan fingerprint density at radius 2 is 1.61 bits per heavy atom. The van der Waals surface area contributed by atoms with Crippen LogP contribution in [0.4, 0.5) is 11.4 Å². The van der Waals surface area contributed by atoms with E-state index >= 15 is 0 Å². The average molecular weight is 382 g/mol. The number of aryl methyl sites for hydroxylation is 1. The molecule has 0 fully saturated rings. The quantitative estimate of drug-likeness (QED) is 0.492. The molecule has 0 heterocycles. The van der Waals surface area contributed by atoms with E-state index in [2.05, 4.69) is 22.9 Å². The van der Waals surface area contributed by atoms with E-state index in [1.807, 2.05) is 49.4 Å². The zero-order valence-corrected chi connectivity index (χ0v) is 16.9. The maximum absolute atomic E-state index is 12.3. The van der Waals surface area contributed by atoms with Gasteiger partial charge in [-0.05, 0) is 49.7 Å². The first-order valence-corrected chi connectivity index (χ1v) is 10.1. The maximum Gasteiger partial charge on any atom is 0.255 e. The van der Waals surface area contributed by atoms with Gasteiger partial charge in [0, 0.05) is 23.5 Å². The molecule has 2 aromatic carbocycles. The monoisotopic (exact) mass is 381 g/mol. The molecule has 0 saturated heterocycles.